The summed E-state index contributed by atoms with van der Waals surface area (Å²) in [5, 5.41) is 12.1. The van der Waals surface area contributed by atoms with E-state index in [2.05, 4.69) is 20.2 Å². The second-order valence-corrected chi connectivity index (χ2v) is 9.47. The topological polar surface area (TPSA) is 116 Å². The number of benzene rings is 1. The van der Waals surface area contributed by atoms with Crippen LogP contribution >= 0.6 is 0 Å². The molecule has 0 spiro atoms. The first-order valence-electron chi connectivity index (χ1n) is 12.2. The number of aryl methyl sites for hydroxylation is 1. The molecule has 10 nitrogen and oxygen atoms in total. The summed E-state index contributed by atoms with van der Waals surface area (Å²) in [4.78, 5) is 37.3. The third-order valence-corrected chi connectivity index (χ3v) is 7.09. The summed E-state index contributed by atoms with van der Waals surface area (Å²) in [7, 11) is 2.83. The van der Waals surface area contributed by atoms with Gasteiger partial charge < -0.3 is 15.0 Å². The fourth-order valence-corrected chi connectivity index (χ4v) is 4.90. The van der Waals surface area contributed by atoms with Crippen molar-refractivity contribution in [2.24, 2.45) is 7.05 Å². The van der Waals surface area contributed by atoms with Crippen LogP contribution in [0.4, 0.5) is 23.8 Å². The Kier molecular flexibility index (Phi) is 7.78. The number of hydrogen-bond donors (Lipinski definition) is 1. The Morgan fingerprint density at radius 2 is 1.90 bits per heavy atom. The number of hydrogen-bond acceptors (Lipinski definition) is 8. The summed E-state index contributed by atoms with van der Waals surface area (Å²) < 4.78 is 45.4. The van der Waals surface area contributed by atoms with Gasteiger partial charge in [-0.05, 0) is 43.7 Å². The van der Waals surface area contributed by atoms with Gasteiger partial charge in [-0.25, -0.2) is 14.6 Å². The Hall–Kier alpha value is -4.18. The van der Waals surface area contributed by atoms with E-state index in [0.717, 1.165) is 12.1 Å². The minimum atomic E-state index is -4.43. The van der Waals surface area contributed by atoms with Crippen molar-refractivity contribution in [1.29, 1.82) is 5.26 Å². The largest absolute Gasteiger partial charge is 0.453 e. The van der Waals surface area contributed by atoms with Crippen molar-refractivity contribution >= 4 is 22.9 Å². The molecule has 2 aromatic heterocycles. The van der Waals surface area contributed by atoms with Crippen LogP contribution in [-0.2, 0) is 18.0 Å². The average Bonchev–Trinajstić information content (AvgIpc) is 2.92. The molecule has 3 aromatic rings. The number of carbonyl (C=O) groups excluding carboxylic acids is 1. The Morgan fingerprint density at radius 3 is 2.51 bits per heavy atom. The minimum Gasteiger partial charge on any atom is -0.453 e. The smallest absolute Gasteiger partial charge is 0.416 e. The van der Waals surface area contributed by atoms with Crippen molar-refractivity contribution in [3.63, 3.8) is 0 Å². The maximum atomic E-state index is 13.1. The van der Waals surface area contributed by atoms with E-state index in [4.69, 9.17) is 4.74 Å². The molecule has 3 heterocycles. The van der Waals surface area contributed by atoms with Crippen LogP contribution in [0, 0.1) is 11.3 Å². The molecular formula is C26H28F3N7O3. The van der Waals surface area contributed by atoms with Crippen LogP contribution in [0.25, 0.3) is 11.0 Å². The molecule has 4 rings (SSSR count). The van der Waals surface area contributed by atoms with E-state index in [9.17, 15) is 28.0 Å². The zero-order valence-electron chi connectivity index (χ0n) is 21.9. The van der Waals surface area contributed by atoms with Crippen molar-refractivity contribution in [3.8, 4) is 6.07 Å². The summed E-state index contributed by atoms with van der Waals surface area (Å²) in [6.07, 6.45) is -5.06. The van der Waals surface area contributed by atoms with Crippen LogP contribution in [0.1, 0.15) is 36.7 Å². The number of aromatic nitrogens is 3. The first-order chi connectivity index (χ1) is 18.4. The van der Waals surface area contributed by atoms with E-state index < -0.39 is 23.5 Å². The maximum Gasteiger partial charge on any atom is 0.416 e. The molecule has 13 heteroatoms. The minimum absolute atomic E-state index is 0.167. The molecule has 0 radical (unpaired) electrons. The Balaban J connectivity index is 1.71. The summed E-state index contributed by atoms with van der Waals surface area (Å²) in [6, 6.07) is 9.39. The van der Waals surface area contributed by atoms with Crippen molar-refractivity contribution < 1.29 is 22.7 Å². The molecule has 1 aliphatic rings. The van der Waals surface area contributed by atoms with Gasteiger partial charge in [-0.2, -0.15) is 23.4 Å². The number of rotatable bonds is 5. The second kappa shape index (κ2) is 10.9. The molecule has 1 fully saturated rings. The lowest BCUT2D eigenvalue weighted by molar-refractivity contribution is -0.137. The molecule has 1 aliphatic heterocycles. The highest BCUT2D eigenvalue weighted by Gasteiger charge is 2.37. The predicted molar refractivity (Wildman–Crippen MR) is 137 cm³/mol. The molecule has 1 saturated heterocycles. The molecule has 1 unspecified atom stereocenters. The number of carbonyl (C=O) groups is 1. The van der Waals surface area contributed by atoms with Gasteiger partial charge in [0.05, 0.1) is 18.2 Å². The number of pyridine rings is 1. The quantitative estimate of drug-likeness (QED) is 0.522. The molecule has 0 bridgehead atoms. The number of amides is 1. The van der Waals surface area contributed by atoms with E-state index in [1.165, 1.54) is 29.9 Å². The molecule has 0 saturated carbocycles. The lowest BCUT2D eigenvalue weighted by atomic mass is 9.99. The average molecular weight is 544 g/mol. The number of piperazine rings is 1. The summed E-state index contributed by atoms with van der Waals surface area (Å²) in [6.45, 7) is 4.74. The number of halogens is 3. The number of methoxy groups -OCH3 is 1. The zero-order valence-corrected chi connectivity index (χ0v) is 21.9. The Bertz CT molecular complexity index is 1470. The molecule has 1 N–H and O–H groups in total. The highest BCUT2D eigenvalue weighted by Crippen LogP contribution is 2.34. The number of ether oxygens (including phenoxy) is 1. The fourth-order valence-electron chi connectivity index (χ4n) is 4.90. The standard InChI is InChI=1S/C26H28F3N7O3/c1-15-13-36(16(2)17-5-7-18(8-6-17)26(27,28)29)20(12-31-25(38)39-4)14-35(15)23-22-21(34(3)24(37)33-23)10-9-19(11-30)32-22/h5-10,15-16,20H,12-14H2,1-4H3,(H,31,38)/t15-,16?,20+/m0/s1. The first kappa shape index (κ1) is 27.8. The van der Waals surface area contributed by atoms with Crippen molar-refractivity contribution in [1.82, 2.24) is 24.8 Å². The number of fused-ring (bicyclic) bond motifs is 1. The van der Waals surface area contributed by atoms with Gasteiger partial charge in [-0.3, -0.25) is 9.47 Å². The fraction of sp³-hybridized carbons (Fsp3) is 0.423. The van der Waals surface area contributed by atoms with Crippen LogP contribution in [0.2, 0.25) is 0 Å². The van der Waals surface area contributed by atoms with Crippen LogP contribution in [-0.4, -0.2) is 64.4 Å². The van der Waals surface area contributed by atoms with Crippen LogP contribution in [0.15, 0.2) is 41.2 Å². The van der Waals surface area contributed by atoms with Crippen molar-refractivity contribution in [3.05, 3.63) is 63.7 Å². The number of alkyl carbamates (subject to hydrolysis) is 1. The second-order valence-electron chi connectivity index (χ2n) is 9.47. The molecule has 206 valence electrons. The SMILES string of the molecule is COC(=O)NC[C@@H]1CN(c2nc(=O)n(C)c3ccc(C#N)nc23)[C@@H](C)CN1C(C)c1ccc(C(F)(F)F)cc1. The van der Waals surface area contributed by atoms with Crippen LogP contribution < -0.4 is 15.9 Å². The molecule has 1 aromatic carbocycles. The molecule has 3 atom stereocenters. The van der Waals surface area contributed by atoms with E-state index in [0.29, 0.717) is 35.5 Å². The summed E-state index contributed by atoms with van der Waals surface area (Å²) in [5.74, 6) is 0.322. The van der Waals surface area contributed by atoms with Crippen molar-refractivity contribution in [2.45, 2.75) is 38.1 Å². The van der Waals surface area contributed by atoms with Gasteiger partial charge in [0.15, 0.2) is 5.82 Å². The number of nitrogens with zero attached hydrogens (tertiary/aromatic N) is 6. The Morgan fingerprint density at radius 1 is 1.21 bits per heavy atom. The lowest BCUT2D eigenvalue weighted by Gasteiger charge is -2.48. The van der Waals surface area contributed by atoms with E-state index >= 15 is 0 Å². The van der Waals surface area contributed by atoms with Crippen LogP contribution in [0.5, 0.6) is 0 Å². The first-order valence-corrected chi connectivity index (χ1v) is 12.2. The normalized spacial score (nSPS) is 19.0. The number of nitriles is 1. The molecule has 1 amide bonds. The van der Waals surface area contributed by atoms with Gasteiger partial charge >= 0.3 is 18.0 Å². The molecular weight excluding hydrogens is 515 g/mol. The van der Waals surface area contributed by atoms with Gasteiger partial charge in [-0.15, -0.1) is 0 Å². The van der Waals surface area contributed by atoms with E-state index in [1.54, 1.807) is 13.1 Å². The summed E-state index contributed by atoms with van der Waals surface area (Å²) in [5.41, 5.74) is 0.557. The van der Waals surface area contributed by atoms with Gasteiger partial charge in [0, 0.05) is 44.8 Å². The van der Waals surface area contributed by atoms with Gasteiger partial charge in [-0.1, -0.05) is 12.1 Å². The third kappa shape index (κ3) is 5.65. The predicted octanol–water partition coefficient (Wildman–Crippen LogP) is 3.22. The maximum absolute atomic E-state index is 13.1. The monoisotopic (exact) mass is 543 g/mol. The van der Waals surface area contributed by atoms with E-state index in [-0.39, 0.29) is 30.4 Å². The molecule has 39 heavy (non-hydrogen) atoms. The third-order valence-electron chi connectivity index (χ3n) is 7.09. The highest BCUT2D eigenvalue weighted by molar-refractivity contribution is 5.86. The van der Waals surface area contributed by atoms with Crippen molar-refractivity contribution in [2.75, 3.05) is 31.6 Å². The number of nitrogens with one attached hydrogen (secondary N) is 1. The Labute approximate surface area is 222 Å². The number of anilines is 1. The molecule has 0 aliphatic carbocycles. The lowest BCUT2D eigenvalue weighted by Crippen LogP contribution is -2.61. The van der Waals surface area contributed by atoms with Gasteiger partial charge in [0.25, 0.3) is 0 Å². The van der Waals surface area contributed by atoms with Crippen LogP contribution in [0.3, 0.4) is 0 Å². The zero-order chi connectivity index (χ0) is 28.5. The highest BCUT2D eigenvalue weighted by atomic mass is 19.4. The number of alkyl halides is 3. The van der Waals surface area contributed by atoms with Gasteiger partial charge in [0.2, 0.25) is 0 Å². The summed E-state index contributed by atoms with van der Waals surface area (Å²) >= 11 is 0. The van der Waals surface area contributed by atoms with E-state index in [1.807, 2.05) is 24.8 Å². The van der Waals surface area contributed by atoms with Gasteiger partial charge in [0.1, 0.15) is 17.3 Å².